The van der Waals surface area contributed by atoms with Crippen LogP contribution in [-0.2, 0) is 7.05 Å². The van der Waals surface area contributed by atoms with Crippen LogP contribution in [0.1, 0.15) is 0 Å². The van der Waals surface area contributed by atoms with Gasteiger partial charge in [0.2, 0.25) is 0 Å². The summed E-state index contributed by atoms with van der Waals surface area (Å²) in [6, 6.07) is 0. The lowest BCUT2D eigenvalue weighted by atomic mass is 10.6. The lowest BCUT2D eigenvalue weighted by Gasteiger charge is -2.04. The molecular formula is C10H15N3OS. The number of nitrogens with zero attached hydrogens (tertiary/aromatic N) is 2. The van der Waals surface area contributed by atoms with E-state index in [1.807, 2.05) is 6.08 Å². The average molecular weight is 225 g/mol. The summed E-state index contributed by atoms with van der Waals surface area (Å²) in [7, 11) is 1.71. The molecule has 0 aliphatic carbocycles. The Morgan fingerprint density at radius 3 is 3.27 bits per heavy atom. The number of aromatic nitrogens is 2. The highest BCUT2D eigenvalue weighted by Gasteiger charge is 2.00. The molecule has 0 bridgehead atoms. The van der Waals surface area contributed by atoms with Crippen molar-refractivity contribution < 1.29 is 0 Å². The highest BCUT2D eigenvalue weighted by Crippen LogP contribution is 1.99. The van der Waals surface area contributed by atoms with Crippen LogP contribution in [-0.4, -0.2) is 27.6 Å². The molecule has 1 rings (SSSR count). The first-order valence-electron chi connectivity index (χ1n) is 4.70. The molecule has 15 heavy (non-hydrogen) atoms. The standard InChI is InChI=1S/C10H15N3OS/c1-3-7-15-8-5-12-9-10(14)13(2)6-4-11-9/h3-4,6H,1,5,7-8H2,2H3,(H,11,12). The van der Waals surface area contributed by atoms with Crippen LogP contribution < -0.4 is 10.9 Å². The van der Waals surface area contributed by atoms with Crippen molar-refractivity contribution >= 4 is 17.6 Å². The summed E-state index contributed by atoms with van der Waals surface area (Å²) in [5.74, 6) is 2.28. The zero-order valence-corrected chi connectivity index (χ0v) is 9.59. The third-order valence-electron chi connectivity index (χ3n) is 1.79. The number of hydrogen-bond acceptors (Lipinski definition) is 4. The summed E-state index contributed by atoms with van der Waals surface area (Å²) >= 11 is 1.77. The van der Waals surface area contributed by atoms with Crippen molar-refractivity contribution in [3.05, 3.63) is 35.4 Å². The van der Waals surface area contributed by atoms with Crippen molar-refractivity contribution in [3.8, 4) is 0 Å². The van der Waals surface area contributed by atoms with Gasteiger partial charge < -0.3 is 9.88 Å². The lowest BCUT2D eigenvalue weighted by molar-refractivity contribution is 0.841. The molecule has 0 radical (unpaired) electrons. The van der Waals surface area contributed by atoms with E-state index >= 15 is 0 Å². The summed E-state index contributed by atoms with van der Waals surface area (Å²) in [6.45, 7) is 4.38. The van der Waals surface area contributed by atoms with Gasteiger partial charge in [-0.1, -0.05) is 6.08 Å². The molecule has 0 aliphatic rings. The molecule has 0 amide bonds. The molecule has 1 aromatic rings. The van der Waals surface area contributed by atoms with E-state index in [0.717, 1.165) is 18.1 Å². The van der Waals surface area contributed by atoms with E-state index in [2.05, 4.69) is 16.9 Å². The average Bonchev–Trinajstić information content (AvgIpc) is 2.24. The van der Waals surface area contributed by atoms with Crippen LogP contribution in [0.4, 0.5) is 5.82 Å². The first-order chi connectivity index (χ1) is 7.25. The maximum absolute atomic E-state index is 11.5. The van der Waals surface area contributed by atoms with Gasteiger partial charge in [-0.3, -0.25) is 4.79 Å². The van der Waals surface area contributed by atoms with Gasteiger partial charge in [0, 0.05) is 37.5 Å². The fourth-order valence-corrected chi connectivity index (χ4v) is 1.61. The summed E-state index contributed by atoms with van der Waals surface area (Å²) < 4.78 is 1.51. The van der Waals surface area contributed by atoms with Gasteiger partial charge in [-0.15, -0.1) is 6.58 Å². The predicted molar refractivity (Wildman–Crippen MR) is 65.5 cm³/mol. The van der Waals surface area contributed by atoms with Gasteiger partial charge in [0.15, 0.2) is 5.82 Å². The van der Waals surface area contributed by atoms with Gasteiger partial charge in [0.25, 0.3) is 5.56 Å². The Morgan fingerprint density at radius 1 is 1.73 bits per heavy atom. The molecule has 0 aliphatic heterocycles. The number of thioether (sulfide) groups is 1. The van der Waals surface area contributed by atoms with Crippen molar-refractivity contribution in [2.45, 2.75) is 0 Å². The SMILES string of the molecule is C=CCSCCNc1nccn(C)c1=O. The van der Waals surface area contributed by atoms with Gasteiger partial charge in [-0.2, -0.15) is 11.8 Å². The van der Waals surface area contributed by atoms with E-state index in [1.54, 1.807) is 31.2 Å². The van der Waals surface area contributed by atoms with Gasteiger partial charge in [0.1, 0.15) is 0 Å². The summed E-state index contributed by atoms with van der Waals surface area (Å²) in [6.07, 6.45) is 5.12. The molecule has 4 nitrogen and oxygen atoms in total. The number of nitrogens with one attached hydrogen (secondary N) is 1. The van der Waals surface area contributed by atoms with Crippen LogP contribution in [0.5, 0.6) is 0 Å². The topological polar surface area (TPSA) is 46.9 Å². The van der Waals surface area contributed by atoms with Crippen molar-refractivity contribution in [1.29, 1.82) is 0 Å². The minimum atomic E-state index is -0.0915. The number of hydrogen-bond donors (Lipinski definition) is 1. The molecule has 82 valence electrons. The third-order valence-corrected chi connectivity index (χ3v) is 2.76. The highest BCUT2D eigenvalue weighted by atomic mass is 32.2. The predicted octanol–water partition coefficient (Wildman–Crippen LogP) is 1.11. The molecule has 0 atom stereocenters. The third kappa shape index (κ3) is 3.79. The maximum atomic E-state index is 11.5. The van der Waals surface area contributed by atoms with E-state index in [0.29, 0.717) is 5.82 Å². The van der Waals surface area contributed by atoms with E-state index in [-0.39, 0.29) is 5.56 Å². The summed E-state index contributed by atoms with van der Waals surface area (Å²) in [5, 5.41) is 3.01. The van der Waals surface area contributed by atoms with Gasteiger partial charge in [0.05, 0.1) is 0 Å². The van der Waals surface area contributed by atoms with Crippen LogP contribution in [0.2, 0.25) is 0 Å². The van der Waals surface area contributed by atoms with Crippen LogP contribution in [0.15, 0.2) is 29.8 Å². The zero-order valence-electron chi connectivity index (χ0n) is 8.77. The van der Waals surface area contributed by atoms with Crippen LogP contribution >= 0.6 is 11.8 Å². The molecule has 1 heterocycles. The van der Waals surface area contributed by atoms with Crippen molar-refractivity contribution in [2.75, 3.05) is 23.4 Å². The molecule has 0 spiro atoms. The Labute approximate surface area is 93.4 Å². The molecular weight excluding hydrogens is 210 g/mol. The van der Waals surface area contributed by atoms with Crippen molar-refractivity contribution in [1.82, 2.24) is 9.55 Å². The molecule has 0 unspecified atom stereocenters. The molecule has 5 heteroatoms. The number of rotatable bonds is 6. The second kappa shape index (κ2) is 6.29. The first-order valence-corrected chi connectivity index (χ1v) is 5.85. The second-order valence-electron chi connectivity index (χ2n) is 2.98. The minimum absolute atomic E-state index is 0.0915. The first kappa shape index (κ1) is 11.8. The Morgan fingerprint density at radius 2 is 2.53 bits per heavy atom. The zero-order chi connectivity index (χ0) is 11.1. The largest absolute Gasteiger partial charge is 0.365 e. The molecule has 1 N–H and O–H groups in total. The fourth-order valence-electron chi connectivity index (χ4n) is 1.03. The number of aryl methyl sites for hydroxylation is 1. The molecule has 0 aromatic carbocycles. The van der Waals surface area contributed by atoms with E-state index in [1.165, 1.54) is 4.57 Å². The van der Waals surface area contributed by atoms with E-state index < -0.39 is 0 Å². The fraction of sp³-hybridized carbons (Fsp3) is 0.400. The van der Waals surface area contributed by atoms with Gasteiger partial charge in [-0.05, 0) is 0 Å². The Bertz CT molecular complexity index is 375. The van der Waals surface area contributed by atoms with Gasteiger partial charge >= 0.3 is 0 Å². The van der Waals surface area contributed by atoms with Crippen LogP contribution in [0, 0.1) is 0 Å². The monoisotopic (exact) mass is 225 g/mol. The highest BCUT2D eigenvalue weighted by molar-refractivity contribution is 7.99. The Kier molecular flexibility index (Phi) is 4.97. The molecule has 1 aromatic heterocycles. The van der Waals surface area contributed by atoms with E-state index in [4.69, 9.17) is 0 Å². The van der Waals surface area contributed by atoms with Crippen LogP contribution in [0.25, 0.3) is 0 Å². The Balaban J connectivity index is 2.41. The van der Waals surface area contributed by atoms with E-state index in [9.17, 15) is 4.79 Å². The normalized spacial score (nSPS) is 9.93. The smallest absolute Gasteiger partial charge is 0.293 e. The van der Waals surface area contributed by atoms with Crippen molar-refractivity contribution in [3.63, 3.8) is 0 Å². The van der Waals surface area contributed by atoms with Crippen molar-refractivity contribution in [2.24, 2.45) is 7.05 Å². The lowest BCUT2D eigenvalue weighted by Crippen LogP contribution is -2.22. The molecule has 0 saturated carbocycles. The number of anilines is 1. The quantitative estimate of drug-likeness (QED) is 0.582. The Hall–Kier alpha value is -1.23. The van der Waals surface area contributed by atoms with Crippen LogP contribution in [0.3, 0.4) is 0 Å². The van der Waals surface area contributed by atoms with Gasteiger partial charge in [-0.25, -0.2) is 4.98 Å². The maximum Gasteiger partial charge on any atom is 0.293 e. The molecule has 0 saturated heterocycles. The second-order valence-corrected chi connectivity index (χ2v) is 4.13. The summed E-state index contributed by atoms with van der Waals surface area (Å²) in [4.78, 5) is 15.5. The minimum Gasteiger partial charge on any atom is -0.365 e. The summed E-state index contributed by atoms with van der Waals surface area (Å²) in [5.41, 5.74) is -0.0915. The molecule has 0 fully saturated rings.